The van der Waals surface area contributed by atoms with Crippen LogP contribution in [0.5, 0.6) is 0 Å². The quantitative estimate of drug-likeness (QED) is 0.733. The molecule has 1 aromatic rings. The first-order valence-corrected chi connectivity index (χ1v) is 7.20. The van der Waals surface area contributed by atoms with Crippen molar-refractivity contribution in [2.45, 2.75) is 31.2 Å². The van der Waals surface area contributed by atoms with Gasteiger partial charge in [-0.2, -0.15) is 0 Å². The Hall–Kier alpha value is -1.15. The highest BCUT2D eigenvalue weighted by atomic mass is 35.5. The number of aryl methyl sites for hydroxylation is 1. The van der Waals surface area contributed by atoms with E-state index in [0.717, 1.165) is 0 Å². The van der Waals surface area contributed by atoms with Crippen molar-refractivity contribution in [3.63, 3.8) is 0 Å². The minimum atomic E-state index is -3.70. The summed E-state index contributed by atoms with van der Waals surface area (Å²) in [6.07, 6.45) is 0. The van der Waals surface area contributed by atoms with E-state index in [9.17, 15) is 13.2 Å². The number of amides is 1. The van der Waals surface area contributed by atoms with E-state index in [0.29, 0.717) is 5.56 Å². The third-order valence-electron chi connectivity index (χ3n) is 2.50. The third kappa shape index (κ3) is 5.09. The Balaban J connectivity index is 0.00000361. The molecule has 5 N–H and O–H groups in total. The highest BCUT2D eigenvalue weighted by Gasteiger charge is 2.20. The lowest BCUT2D eigenvalue weighted by Gasteiger charge is -2.19. The molecule has 0 radical (unpaired) electrons. The van der Waals surface area contributed by atoms with E-state index in [2.05, 4.69) is 4.72 Å². The fourth-order valence-corrected chi connectivity index (χ4v) is 2.65. The number of hydrogen-bond donors (Lipinski definition) is 3. The third-order valence-corrected chi connectivity index (χ3v) is 3.90. The number of hydrogen-bond acceptors (Lipinski definition) is 4. The normalized spacial score (nSPS) is 11.8. The smallest absolute Gasteiger partial charge is 0.249 e. The average Bonchev–Trinajstić information content (AvgIpc) is 2.25. The highest BCUT2D eigenvalue weighted by Crippen LogP contribution is 2.15. The summed E-state index contributed by atoms with van der Waals surface area (Å²) in [5, 5.41) is 0. The lowest BCUT2D eigenvalue weighted by atomic mass is 10.1. The van der Waals surface area contributed by atoms with Crippen LogP contribution in [0, 0.1) is 6.92 Å². The van der Waals surface area contributed by atoms with E-state index in [1.54, 1.807) is 26.8 Å². The second-order valence-electron chi connectivity index (χ2n) is 5.15. The zero-order valence-electron chi connectivity index (χ0n) is 11.6. The van der Waals surface area contributed by atoms with E-state index in [-0.39, 0.29) is 29.4 Å². The molecular weight excluding hydrogens is 302 g/mol. The maximum absolute atomic E-state index is 12.0. The molecule has 1 rings (SSSR count). The van der Waals surface area contributed by atoms with Gasteiger partial charge in [0.2, 0.25) is 15.9 Å². The predicted octanol–water partition coefficient (Wildman–Crippen LogP) is 0.531. The summed E-state index contributed by atoms with van der Waals surface area (Å²) < 4.78 is 26.5. The van der Waals surface area contributed by atoms with Gasteiger partial charge in [-0.25, -0.2) is 13.1 Å². The fourth-order valence-electron chi connectivity index (χ4n) is 1.40. The molecule has 0 fully saturated rings. The fraction of sp³-hybridized carbons (Fsp3) is 0.417. The van der Waals surface area contributed by atoms with E-state index in [1.165, 1.54) is 12.1 Å². The van der Waals surface area contributed by atoms with Gasteiger partial charge in [-0.3, -0.25) is 4.79 Å². The van der Waals surface area contributed by atoms with Gasteiger partial charge in [0.05, 0.1) is 4.90 Å². The summed E-state index contributed by atoms with van der Waals surface area (Å²) >= 11 is 0. The first-order valence-electron chi connectivity index (χ1n) is 5.72. The first kappa shape index (κ1) is 18.9. The SMILES string of the molecule is Cc1ccc(S(=O)(=O)NCC(C)(C)N)cc1C(N)=O.Cl. The van der Waals surface area contributed by atoms with Gasteiger partial charge in [-0.1, -0.05) is 6.07 Å². The van der Waals surface area contributed by atoms with Crippen LogP contribution in [0.15, 0.2) is 23.1 Å². The van der Waals surface area contributed by atoms with E-state index in [4.69, 9.17) is 11.5 Å². The molecule has 0 aliphatic heterocycles. The van der Waals surface area contributed by atoms with Gasteiger partial charge >= 0.3 is 0 Å². The average molecular weight is 322 g/mol. The van der Waals surface area contributed by atoms with Crippen LogP contribution in [0.3, 0.4) is 0 Å². The molecule has 1 aromatic carbocycles. The second-order valence-corrected chi connectivity index (χ2v) is 6.92. The zero-order valence-corrected chi connectivity index (χ0v) is 13.3. The molecule has 0 saturated carbocycles. The number of sulfonamides is 1. The predicted molar refractivity (Wildman–Crippen MR) is 80.4 cm³/mol. The summed E-state index contributed by atoms with van der Waals surface area (Å²) in [5.74, 6) is -0.659. The molecule has 0 aromatic heterocycles. The topological polar surface area (TPSA) is 115 Å². The summed E-state index contributed by atoms with van der Waals surface area (Å²) in [4.78, 5) is 11.2. The van der Waals surface area contributed by atoms with Crippen LogP contribution >= 0.6 is 12.4 Å². The number of nitrogens with two attached hydrogens (primary N) is 2. The van der Waals surface area contributed by atoms with E-state index >= 15 is 0 Å². The molecule has 0 heterocycles. The minimum absolute atomic E-state index is 0. The Morgan fingerprint density at radius 1 is 1.35 bits per heavy atom. The molecule has 0 aliphatic carbocycles. The molecular formula is C12H20ClN3O3S. The second kappa shape index (κ2) is 6.53. The first-order chi connectivity index (χ1) is 8.53. The Labute approximate surface area is 125 Å². The number of primary amides is 1. The summed E-state index contributed by atoms with van der Waals surface area (Å²) in [5.41, 5.74) is 11.1. The van der Waals surface area contributed by atoms with Gasteiger partial charge in [0.15, 0.2) is 0 Å². The standard InChI is InChI=1S/C12H19N3O3S.ClH/c1-8-4-5-9(6-10(8)11(13)16)19(17,18)15-7-12(2,3)14;/h4-6,15H,7,14H2,1-3H3,(H2,13,16);1H. The van der Waals surface area contributed by atoms with Crippen molar-refractivity contribution in [2.75, 3.05) is 6.54 Å². The number of rotatable bonds is 5. The van der Waals surface area contributed by atoms with Gasteiger partial charge in [-0.05, 0) is 38.5 Å². The lowest BCUT2D eigenvalue weighted by Crippen LogP contribution is -2.45. The zero-order chi connectivity index (χ0) is 14.8. The van der Waals surface area contributed by atoms with Crippen molar-refractivity contribution >= 4 is 28.3 Å². The maximum Gasteiger partial charge on any atom is 0.249 e. The largest absolute Gasteiger partial charge is 0.366 e. The molecule has 0 aliphatic rings. The van der Waals surface area contributed by atoms with Crippen LogP contribution in [0.4, 0.5) is 0 Å². The van der Waals surface area contributed by atoms with Crippen LogP contribution in [0.25, 0.3) is 0 Å². The van der Waals surface area contributed by atoms with E-state index < -0.39 is 21.5 Å². The van der Waals surface area contributed by atoms with Gasteiger partial charge < -0.3 is 11.5 Å². The summed E-state index contributed by atoms with van der Waals surface area (Å²) in [6.45, 7) is 5.20. The minimum Gasteiger partial charge on any atom is -0.366 e. The summed E-state index contributed by atoms with van der Waals surface area (Å²) in [6, 6.07) is 4.24. The van der Waals surface area contributed by atoms with Crippen LogP contribution in [-0.2, 0) is 10.0 Å². The Morgan fingerprint density at radius 3 is 2.35 bits per heavy atom. The van der Waals surface area contributed by atoms with Crippen LogP contribution in [-0.4, -0.2) is 26.4 Å². The van der Waals surface area contributed by atoms with Crippen molar-refractivity contribution in [3.05, 3.63) is 29.3 Å². The van der Waals surface area contributed by atoms with Gasteiger partial charge in [0, 0.05) is 17.6 Å². The molecule has 0 unspecified atom stereocenters. The van der Waals surface area contributed by atoms with Crippen molar-refractivity contribution in [1.82, 2.24) is 4.72 Å². The summed E-state index contributed by atoms with van der Waals surface area (Å²) in [7, 11) is -3.70. The number of carbonyl (C=O) groups excluding carboxylic acids is 1. The van der Waals surface area contributed by atoms with Crippen molar-refractivity contribution < 1.29 is 13.2 Å². The van der Waals surface area contributed by atoms with Crippen LogP contribution in [0.1, 0.15) is 29.8 Å². The Bertz CT molecular complexity index is 594. The van der Waals surface area contributed by atoms with Crippen molar-refractivity contribution in [3.8, 4) is 0 Å². The molecule has 0 bridgehead atoms. The monoisotopic (exact) mass is 321 g/mol. The molecule has 114 valence electrons. The van der Waals surface area contributed by atoms with Gasteiger partial charge in [0.1, 0.15) is 0 Å². The van der Waals surface area contributed by atoms with Crippen molar-refractivity contribution in [1.29, 1.82) is 0 Å². The van der Waals surface area contributed by atoms with Crippen LogP contribution < -0.4 is 16.2 Å². The lowest BCUT2D eigenvalue weighted by molar-refractivity contribution is 0.0999. The molecule has 20 heavy (non-hydrogen) atoms. The number of carbonyl (C=O) groups is 1. The van der Waals surface area contributed by atoms with Gasteiger partial charge in [0.25, 0.3) is 0 Å². The number of benzene rings is 1. The molecule has 8 heteroatoms. The Kier molecular flexibility index (Phi) is 6.16. The molecule has 0 saturated heterocycles. The molecule has 0 spiro atoms. The highest BCUT2D eigenvalue weighted by molar-refractivity contribution is 7.89. The molecule has 6 nitrogen and oxygen atoms in total. The maximum atomic E-state index is 12.0. The number of nitrogens with one attached hydrogen (secondary N) is 1. The van der Waals surface area contributed by atoms with Crippen LogP contribution in [0.2, 0.25) is 0 Å². The van der Waals surface area contributed by atoms with Gasteiger partial charge in [-0.15, -0.1) is 12.4 Å². The van der Waals surface area contributed by atoms with E-state index in [1.807, 2.05) is 0 Å². The number of halogens is 1. The molecule has 1 amide bonds. The molecule has 0 atom stereocenters. The Morgan fingerprint density at radius 2 is 1.90 bits per heavy atom. The van der Waals surface area contributed by atoms with Crippen molar-refractivity contribution in [2.24, 2.45) is 11.5 Å².